The van der Waals surface area contributed by atoms with Crippen LogP contribution in [0.1, 0.15) is 27.9 Å². The van der Waals surface area contributed by atoms with Crippen LogP contribution in [-0.2, 0) is 6.42 Å². The molecule has 1 N–H and O–H groups in total. The van der Waals surface area contributed by atoms with Crippen LogP contribution in [0.25, 0.3) is 12.2 Å². The first-order valence-corrected chi connectivity index (χ1v) is 9.13. The van der Waals surface area contributed by atoms with Gasteiger partial charge in [-0.2, -0.15) is 0 Å². The molecule has 0 spiro atoms. The second-order valence-corrected chi connectivity index (χ2v) is 7.08. The second-order valence-electron chi connectivity index (χ2n) is 6.00. The highest BCUT2D eigenvalue weighted by Crippen LogP contribution is 2.25. The molecule has 4 rings (SSSR count). The highest BCUT2D eigenvalue weighted by Gasteiger charge is 2.10. The quantitative estimate of drug-likeness (QED) is 0.718. The Morgan fingerprint density at radius 1 is 1.31 bits per heavy atom. The van der Waals surface area contributed by atoms with Crippen molar-refractivity contribution in [1.82, 2.24) is 9.97 Å². The fourth-order valence-corrected chi connectivity index (χ4v) is 3.74. The summed E-state index contributed by atoms with van der Waals surface area (Å²) in [6.07, 6.45) is 8.38. The number of hydrogen-bond donors (Lipinski definition) is 1. The van der Waals surface area contributed by atoms with Gasteiger partial charge in [0.1, 0.15) is 5.75 Å². The first-order valence-electron chi connectivity index (χ1n) is 8.32. The third-order valence-corrected chi connectivity index (χ3v) is 5.08. The number of carbonyl (C=O) groups excluding carboxylic acids is 1. The van der Waals surface area contributed by atoms with Crippen molar-refractivity contribution in [1.29, 1.82) is 0 Å². The van der Waals surface area contributed by atoms with Gasteiger partial charge in [0.15, 0.2) is 5.78 Å². The number of nitrogens with zero attached hydrogens (tertiary/aromatic N) is 1. The molecule has 2 aromatic heterocycles. The number of thiazole rings is 1. The summed E-state index contributed by atoms with van der Waals surface area (Å²) in [5, 5.41) is 0. The van der Waals surface area contributed by atoms with E-state index in [4.69, 9.17) is 4.74 Å². The number of aromatic amines is 1. The number of ketones is 1. The number of H-pyrrole nitrogens is 1. The molecule has 0 atom stereocenters. The van der Waals surface area contributed by atoms with Crippen molar-refractivity contribution >= 4 is 29.3 Å². The molecule has 130 valence electrons. The van der Waals surface area contributed by atoms with Gasteiger partial charge in [-0.25, -0.2) is 0 Å². The molecular formula is C20H16N2O3S. The predicted octanol–water partition coefficient (Wildman–Crippen LogP) is 1.65. The molecule has 5 nitrogen and oxygen atoms in total. The molecule has 3 heterocycles. The lowest BCUT2D eigenvalue weighted by Gasteiger charge is -2.17. The van der Waals surface area contributed by atoms with Gasteiger partial charge in [-0.05, 0) is 54.3 Å². The minimum absolute atomic E-state index is 0.187. The highest BCUT2D eigenvalue weighted by atomic mass is 32.1. The number of fused-ring (bicyclic) bond motifs is 1. The molecule has 1 aromatic carbocycles. The van der Waals surface area contributed by atoms with Crippen molar-refractivity contribution in [3.8, 4) is 5.75 Å². The number of nitrogens with one attached hydrogen (secondary N) is 1. The van der Waals surface area contributed by atoms with E-state index in [-0.39, 0.29) is 11.3 Å². The van der Waals surface area contributed by atoms with E-state index in [2.05, 4.69) is 16.0 Å². The maximum absolute atomic E-state index is 12.2. The van der Waals surface area contributed by atoms with Crippen LogP contribution < -0.4 is 19.5 Å². The zero-order valence-corrected chi connectivity index (χ0v) is 14.7. The zero-order chi connectivity index (χ0) is 17.9. The summed E-state index contributed by atoms with van der Waals surface area (Å²) in [6.45, 7) is 0.755. The smallest absolute Gasteiger partial charge is 0.266 e. The number of benzene rings is 1. The molecule has 6 heteroatoms. The fraction of sp³-hybridized carbons (Fsp3) is 0.150. The van der Waals surface area contributed by atoms with Crippen LogP contribution in [-0.4, -0.2) is 22.4 Å². The normalized spacial score (nSPS) is 14.8. The standard InChI is InChI=1S/C20H16N2O3S/c23-16(15-3-1-7-21-12-15)11-19-22-20(24)18(26-19)10-13-5-6-17-14(9-13)4-2-8-25-17/h1,3,5-7,9-12H,2,4,8H2,(H,22,24)/b18-10-,19-11+. The van der Waals surface area contributed by atoms with Crippen LogP contribution in [0, 0.1) is 0 Å². The molecule has 0 unspecified atom stereocenters. The van der Waals surface area contributed by atoms with Crippen LogP contribution in [0.5, 0.6) is 5.75 Å². The SMILES string of the molecule is O=C(/C=c1\[nH]c(=O)/c(=C/c2ccc3c(c2)CCCO3)s1)c1cccnc1. The monoisotopic (exact) mass is 364 g/mol. The second kappa shape index (κ2) is 7.09. The van der Waals surface area contributed by atoms with Gasteiger partial charge in [-0.1, -0.05) is 6.07 Å². The van der Waals surface area contributed by atoms with Gasteiger partial charge in [0, 0.05) is 24.0 Å². The van der Waals surface area contributed by atoms with Gasteiger partial charge < -0.3 is 9.72 Å². The average Bonchev–Trinajstić information content (AvgIpc) is 3.01. The fourth-order valence-electron chi connectivity index (χ4n) is 2.86. The maximum atomic E-state index is 12.2. The summed E-state index contributed by atoms with van der Waals surface area (Å²) in [7, 11) is 0. The lowest BCUT2D eigenvalue weighted by Crippen LogP contribution is -2.20. The third kappa shape index (κ3) is 3.50. The summed E-state index contributed by atoms with van der Waals surface area (Å²) >= 11 is 1.26. The first-order chi connectivity index (χ1) is 12.7. The summed E-state index contributed by atoms with van der Waals surface area (Å²) in [6, 6.07) is 9.34. The minimum Gasteiger partial charge on any atom is -0.493 e. The van der Waals surface area contributed by atoms with E-state index in [1.54, 1.807) is 18.3 Å². The number of aryl methyl sites for hydroxylation is 1. The summed E-state index contributed by atoms with van der Waals surface area (Å²) in [4.78, 5) is 31.1. The van der Waals surface area contributed by atoms with Crippen molar-refractivity contribution < 1.29 is 9.53 Å². The Morgan fingerprint density at radius 2 is 2.23 bits per heavy atom. The Hall–Kier alpha value is -2.99. The topological polar surface area (TPSA) is 72.0 Å². The lowest BCUT2D eigenvalue weighted by atomic mass is 10.0. The van der Waals surface area contributed by atoms with Crippen molar-refractivity contribution in [2.75, 3.05) is 6.61 Å². The molecule has 0 aliphatic carbocycles. The molecule has 1 aliphatic rings. The van der Waals surface area contributed by atoms with Crippen LogP contribution in [0.3, 0.4) is 0 Å². The van der Waals surface area contributed by atoms with Crippen LogP contribution in [0.2, 0.25) is 0 Å². The van der Waals surface area contributed by atoms with Crippen LogP contribution in [0.15, 0.2) is 47.5 Å². The molecule has 0 amide bonds. The van der Waals surface area contributed by atoms with E-state index >= 15 is 0 Å². The van der Waals surface area contributed by atoms with Gasteiger partial charge in [-0.15, -0.1) is 11.3 Å². The zero-order valence-electron chi connectivity index (χ0n) is 13.9. The summed E-state index contributed by atoms with van der Waals surface area (Å²) in [5.41, 5.74) is 2.40. The first kappa shape index (κ1) is 16.5. The molecule has 0 saturated carbocycles. The van der Waals surface area contributed by atoms with Gasteiger partial charge >= 0.3 is 0 Å². The lowest BCUT2D eigenvalue weighted by molar-refractivity contribution is 0.106. The minimum atomic E-state index is -0.200. The predicted molar refractivity (Wildman–Crippen MR) is 101 cm³/mol. The van der Waals surface area contributed by atoms with Crippen molar-refractivity contribution in [2.24, 2.45) is 0 Å². The molecule has 26 heavy (non-hydrogen) atoms. The van der Waals surface area contributed by atoms with Gasteiger partial charge in [0.2, 0.25) is 0 Å². The molecule has 3 aromatic rings. The van der Waals surface area contributed by atoms with Gasteiger partial charge in [0.25, 0.3) is 5.56 Å². The van der Waals surface area contributed by atoms with E-state index < -0.39 is 0 Å². The average molecular weight is 364 g/mol. The largest absolute Gasteiger partial charge is 0.493 e. The Labute approximate surface area is 153 Å². The van der Waals surface area contributed by atoms with E-state index in [0.717, 1.165) is 36.3 Å². The van der Waals surface area contributed by atoms with Gasteiger partial charge in [0.05, 0.1) is 15.8 Å². The molecular weight excluding hydrogens is 348 g/mol. The van der Waals surface area contributed by atoms with E-state index in [9.17, 15) is 9.59 Å². The Balaban J connectivity index is 1.68. The van der Waals surface area contributed by atoms with E-state index in [0.29, 0.717) is 14.8 Å². The molecule has 0 fully saturated rings. The van der Waals surface area contributed by atoms with Crippen molar-refractivity contribution in [2.45, 2.75) is 12.8 Å². The van der Waals surface area contributed by atoms with Crippen LogP contribution in [0.4, 0.5) is 0 Å². The Kier molecular flexibility index (Phi) is 4.50. The number of rotatable bonds is 3. The Morgan fingerprint density at radius 3 is 3.08 bits per heavy atom. The Bertz CT molecular complexity index is 1130. The number of carbonyl (C=O) groups is 1. The molecule has 1 aliphatic heterocycles. The van der Waals surface area contributed by atoms with Crippen LogP contribution >= 0.6 is 11.3 Å². The third-order valence-electron chi connectivity index (χ3n) is 4.12. The highest BCUT2D eigenvalue weighted by molar-refractivity contribution is 7.07. The number of pyridine rings is 1. The number of ether oxygens (including phenoxy) is 1. The van der Waals surface area contributed by atoms with Crippen molar-refractivity contribution in [3.05, 3.63) is 79.0 Å². The molecule has 0 bridgehead atoms. The van der Waals surface area contributed by atoms with Crippen molar-refractivity contribution in [3.63, 3.8) is 0 Å². The number of hydrogen-bond acceptors (Lipinski definition) is 5. The van der Waals surface area contributed by atoms with E-state index in [1.807, 2.05) is 18.2 Å². The maximum Gasteiger partial charge on any atom is 0.266 e. The van der Waals surface area contributed by atoms with Gasteiger partial charge in [-0.3, -0.25) is 14.6 Å². The molecule has 0 saturated heterocycles. The summed E-state index contributed by atoms with van der Waals surface area (Å²) < 4.78 is 6.70. The number of Topliss-reactive ketones (excluding diaryl/α,β-unsaturated/α-hetero) is 1. The molecule has 0 radical (unpaired) electrons. The summed E-state index contributed by atoms with van der Waals surface area (Å²) in [5.74, 6) is 0.734. The van der Waals surface area contributed by atoms with E-state index in [1.165, 1.54) is 23.6 Å². The number of aromatic nitrogens is 2.